The first-order valence-electron chi connectivity index (χ1n) is 10.3. The van der Waals surface area contributed by atoms with Crippen molar-refractivity contribution in [2.24, 2.45) is 5.41 Å². The van der Waals surface area contributed by atoms with Gasteiger partial charge in [0.25, 0.3) is 5.91 Å². The van der Waals surface area contributed by atoms with Gasteiger partial charge in [-0.2, -0.15) is 0 Å². The van der Waals surface area contributed by atoms with Crippen molar-refractivity contribution in [2.45, 2.75) is 25.7 Å². The van der Waals surface area contributed by atoms with E-state index in [4.69, 9.17) is 0 Å². The molecule has 2 aliphatic heterocycles. The molecule has 1 aromatic rings. The van der Waals surface area contributed by atoms with Crippen molar-refractivity contribution in [1.82, 2.24) is 14.7 Å². The first-order valence-corrected chi connectivity index (χ1v) is 10.3. The molecule has 0 radical (unpaired) electrons. The molecule has 6 heteroatoms. The van der Waals surface area contributed by atoms with Crippen LogP contribution in [-0.4, -0.2) is 87.4 Å². The average Bonchev–Trinajstić information content (AvgIpc) is 2.69. The molecular formula is C22H34N4O2. The average molecular weight is 387 g/mol. The van der Waals surface area contributed by atoms with Crippen molar-refractivity contribution >= 4 is 17.5 Å². The normalized spacial score (nSPS) is 19.4. The van der Waals surface area contributed by atoms with Gasteiger partial charge in [0.1, 0.15) is 0 Å². The highest BCUT2D eigenvalue weighted by atomic mass is 16.2. The fourth-order valence-corrected chi connectivity index (χ4v) is 4.32. The summed E-state index contributed by atoms with van der Waals surface area (Å²) in [6.45, 7) is 4.10. The maximum Gasteiger partial charge on any atom is 0.253 e. The van der Waals surface area contributed by atoms with E-state index in [0.717, 1.165) is 63.2 Å². The second-order valence-corrected chi connectivity index (χ2v) is 8.86. The summed E-state index contributed by atoms with van der Waals surface area (Å²) in [5.41, 5.74) is 1.98. The van der Waals surface area contributed by atoms with Crippen LogP contribution < -0.4 is 4.90 Å². The molecule has 1 spiro atoms. The number of carbonyl (C=O) groups is 2. The van der Waals surface area contributed by atoms with E-state index in [1.165, 1.54) is 0 Å². The lowest BCUT2D eigenvalue weighted by molar-refractivity contribution is -0.139. The molecule has 0 atom stereocenters. The third kappa shape index (κ3) is 4.66. The van der Waals surface area contributed by atoms with Gasteiger partial charge in [-0.15, -0.1) is 0 Å². The molecular weight excluding hydrogens is 352 g/mol. The van der Waals surface area contributed by atoms with Gasteiger partial charge < -0.3 is 19.6 Å². The fraction of sp³-hybridized carbons (Fsp3) is 0.636. The molecule has 2 aliphatic rings. The summed E-state index contributed by atoms with van der Waals surface area (Å²) in [7, 11) is 8.06. The second kappa shape index (κ2) is 8.52. The number of piperidine rings is 2. The lowest BCUT2D eigenvalue weighted by atomic mass is 9.72. The zero-order valence-corrected chi connectivity index (χ0v) is 17.8. The number of carbonyl (C=O) groups excluding carboxylic acids is 2. The molecule has 154 valence electrons. The molecule has 0 saturated carbocycles. The molecule has 28 heavy (non-hydrogen) atoms. The number of benzene rings is 1. The van der Waals surface area contributed by atoms with Gasteiger partial charge >= 0.3 is 0 Å². The largest absolute Gasteiger partial charge is 0.378 e. The summed E-state index contributed by atoms with van der Waals surface area (Å²) < 4.78 is 0. The summed E-state index contributed by atoms with van der Waals surface area (Å²) >= 11 is 0. The van der Waals surface area contributed by atoms with Gasteiger partial charge in [-0.1, -0.05) is 6.07 Å². The molecule has 1 aromatic carbocycles. The van der Waals surface area contributed by atoms with E-state index in [-0.39, 0.29) is 17.2 Å². The first kappa shape index (κ1) is 20.6. The highest BCUT2D eigenvalue weighted by molar-refractivity contribution is 5.95. The smallest absolute Gasteiger partial charge is 0.253 e. The van der Waals surface area contributed by atoms with Gasteiger partial charge in [0, 0.05) is 64.5 Å². The molecule has 0 aliphatic carbocycles. The van der Waals surface area contributed by atoms with Crippen LogP contribution in [0.2, 0.25) is 0 Å². The second-order valence-electron chi connectivity index (χ2n) is 8.86. The zero-order chi connectivity index (χ0) is 20.3. The predicted molar refractivity (Wildman–Crippen MR) is 113 cm³/mol. The molecule has 2 heterocycles. The van der Waals surface area contributed by atoms with Gasteiger partial charge in [-0.3, -0.25) is 9.59 Å². The Labute approximate surface area is 169 Å². The monoisotopic (exact) mass is 386 g/mol. The summed E-state index contributed by atoms with van der Waals surface area (Å²) in [4.78, 5) is 33.5. The molecule has 6 nitrogen and oxygen atoms in total. The number of hydrogen-bond acceptors (Lipinski definition) is 4. The van der Waals surface area contributed by atoms with Crippen LogP contribution >= 0.6 is 0 Å². The van der Waals surface area contributed by atoms with E-state index in [1.54, 1.807) is 0 Å². The number of likely N-dealkylation sites (tertiary alicyclic amines) is 2. The SMILES string of the molecule is CN(C)CCN1CC2(CCC1=O)CCN(C(=O)c1cccc(N(C)C)c1)CC2. The fourth-order valence-electron chi connectivity index (χ4n) is 4.32. The van der Waals surface area contributed by atoms with E-state index in [1.807, 2.05) is 67.2 Å². The van der Waals surface area contributed by atoms with Crippen LogP contribution in [0.15, 0.2) is 24.3 Å². The van der Waals surface area contributed by atoms with Gasteiger partial charge in [0.05, 0.1) is 0 Å². The van der Waals surface area contributed by atoms with Crippen LogP contribution in [0.1, 0.15) is 36.0 Å². The molecule has 2 amide bonds. The van der Waals surface area contributed by atoms with E-state index >= 15 is 0 Å². The van der Waals surface area contributed by atoms with E-state index < -0.39 is 0 Å². The zero-order valence-electron chi connectivity index (χ0n) is 17.8. The van der Waals surface area contributed by atoms with Gasteiger partial charge in [0.15, 0.2) is 0 Å². The van der Waals surface area contributed by atoms with Crippen molar-refractivity contribution in [2.75, 3.05) is 65.8 Å². The quantitative estimate of drug-likeness (QED) is 0.778. The van der Waals surface area contributed by atoms with E-state index in [2.05, 4.69) is 4.90 Å². The minimum atomic E-state index is 0.120. The summed E-state index contributed by atoms with van der Waals surface area (Å²) in [6.07, 6.45) is 3.57. The van der Waals surface area contributed by atoms with Crippen LogP contribution in [0.4, 0.5) is 5.69 Å². The molecule has 0 unspecified atom stereocenters. The lowest BCUT2D eigenvalue weighted by Gasteiger charge is -2.47. The molecule has 0 aromatic heterocycles. The Kier molecular flexibility index (Phi) is 6.28. The van der Waals surface area contributed by atoms with Crippen molar-refractivity contribution in [1.29, 1.82) is 0 Å². The number of nitrogens with zero attached hydrogens (tertiary/aromatic N) is 4. The van der Waals surface area contributed by atoms with Crippen LogP contribution in [0.25, 0.3) is 0 Å². The third-order valence-corrected chi connectivity index (χ3v) is 6.29. The predicted octanol–water partition coefficient (Wildman–Crippen LogP) is 2.16. The Balaban J connectivity index is 1.61. The van der Waals surface area contributed by atoms with Crippen LogP contribution in [0.3, 0.4) is 0 Å². The molecule has 0 bridgehead atoms. The van der Waals surface area contributed by atoms with E-state index in [0.29, 0.717) is 6.42 Å². The standard InChI is InChI=1S/C22H34N4O2/c1-23(2)14-15-26-17-22(9-8-20(26)27)10-12-25(13-11-22)21(28)18-6-5-7-19(16-18)24(3)4/h5-7,16H,8-15,17H2,1-4H3. The maximum atomic E-state index is 13.0. The van der Waals surface area contributed by atoms with Gasteiger partial charge in [0.2, 0.25) is 5.91 Å². The number of anilines is 1. The number of likely N-dealkylation sites (N-methyl/N-ethyl adjacent to an activating group) is 1. The van der Waals surface area contributed by atoms with Crippen LogP contribution in [0.5, 0.6) is 0 Å². The minimum Gasteiger partial charge on any atom is -0.378 e. The summed E-state index contributed by atoms with van der Waals surface area (Å²) in [5, 5.41) is 0. The third-order valence-electron chi connectivity index (χ3n) is 6.29. The van der Waals surface area contributed by atoms with Crippen LogP contribution in [0, 0.1) is 5.41 Å². The summed E-state index contributed by atoms with van der Waals surface area (Å²) in [6, 6.07) is 7.84. The summed E-state index contributed by atoms with van der Waals surface area (Å²) in [5.74, 6) is 0.404. The van der Waals surface area contributed by atoms with Crippen molar-refractivity contribution in [3.8, 4) is 0 Å². The minimum absolute atomic E-state index is 0.120. The van der Waals surface area contributed by atoms with Gasteiger partial charge in [-0.25, -0.2) is 0 Å². The Morgan fingerprint density at radius 2 is 1.82 bits per heavy atom. The highest BCUT2D eigenvalue weighted by Gasteiger charge is 2.41. The Bertz CT molecular complexity index is 708. The van der Waals surface area contributed by atoms with Crippen molar-refractivity contribution < 1.29 is 9.59 Å². The topological polar surface area (TPSA) is 47.1 Å². The maximum absolute atomic E-state index is 13.0. The van der Waals surface area contributed by atoms with E-state index in [9.17, 15) is 9.59 Å². The molecule has 2 saturated heterocycles. The molecule has 3 rings (SSSR count). The Morgan fingerprint density at radius 1 is 1.11 bits per heavy atom. The van der Waals surface area contributed by atoms with Gasteiger partial charge in [-0.05, 0) is 57.0 Å². The Morgan fingerprint density at radius 3 is 2.46 bits per heavy atom. The Hall–Kier alpha value is -2.08. The first-order chi connectivity index (χ1) is 13.3. The number of hydrogen-bond donors (Lipinski definition) is 0. The molecule has 2 fully saturated rings. The lowest BCUT2D eigenvalue weighted by Crippen LogP contribution is -2.53. The van der Waals surface area contributed by atoms with Crippen molar-refractivity contribution in [3.05, 3.63) is 29.8 Å². The molecule has 0 N–H and O–H groups in total. The number of amides is 2. The number of rotatable bonds is 5. The van der Waals surface area contributed by atoms with Crippen LogP contribution in [-0.2, 0) is 4.79 Å². The highest BCUT2D eigenvalue weighted by Crippen LogP contribution is 2.40. The van der Waals surface area contributed by atoms with Crippen molar-refractivity contribution in [3.63, 3.8) is 0 Å².